The SMILES string of the molecule is COC(=O)C(Br)CNC(=O)c1ccc(Cl)c(Br)c1. The quantitative estimate of drug-likeness (QED) is 0.626. The molecule has 1 rings (SSSR count). The van der Waals surface area contributed by atoms with Gasteiger partial charge in [-0.15, -0.1) is 0 Å². The summed E-state index contributed by atoms with van der Waals surface area (Å²) in [7, 11) is 1.29. The number of halogens is 3. The predicted molar refractivity (Wildman–Crippen MR) is 76.2 cm³/mol. The fourth-order valence-electron chi connectivity index (χ4n) is 1.13. The van der Waals surface area contributed by atoms with Gasteiger partial charge in [0.25, 0.3) is 5.91 Å². The number of rotatable bonds is 4. The summed E-state index contributed by atoms with van der Waals surface area (Å²) in [5, 5.41) is 3.14. The topological polar surface area (TPSA) is 55.4 Å². The maximum atomic E-state index is 11.8. The van der Waals surface area contributed by atoms with Crippen LogP contribution in [0.3, 0.4) is 0 Å². The van der Waals surface area contributed by atoms with Crippen LogP contribution >= 0.6 is 43.5 Å². The van der Waals surface area contributed by atoms with Gasteiger partial charge in [0.2, 0.25) is 0 Å². The Kier molecular flexibility index (Phi) is 6.11. The average molecular weight is 399 g/mol. The number of carbonyl (C=O) groups excluding carboxylic acids is 2. The van der Waals surface area contributed by atoms with E-state index in [2.05, 4.69) is 41.9 Å². The monoisotopic (exact) mass is 397 g/mol. The lowest BCUT2D eigenvalue weighted by atomic mass is 10.2. The summed E-state index contributed by atoms with van der Waals surface area (Å²) in [6.07, 6.45) is 0. The van der Waals surface area contributed by atoms with E-state index in [-0.39, 0.29) is 12.5 Å². The van der Waals surface area contributed by atoms with E-state index in [1.807, 2.05) is 0 Å². The van der Waals surface area contributed by atoms with Gasteiger partial charge in [0.15, 0.2) is 0 Å². The van der Waals surface area contributed by atoms with Crippen molar-refractivity contribution < 1.29 is 14.3 Å². The highest BCUT2D eigenvalue weighted by atomic mass is 79.9. The van der Waals surface area contributed by atoms with Crippen molar-refractivity contribution in [2.24, 2.45) is 0 Å². The van der Waals surface area contributed by atoms with Crippen LogP contribution in [-0.4, -0.2) is 30.4 Å². The molecule has 0 aliphatic carbocycles. The van der Waals surface area contributed by atoms with Crippen LogP contribution in [0.4, 0.5) is 0 Å². The van der Waals surface area contributed by atoms with Crippen molar-refractivity contribution in [1.82, 2.24) is 5.32 Å². The zero-order valence-corrected chi connectivity index (χ0v) is 13.3. The largest absolute Gasteiger partial charge is 0.468 e. The van der Waals surface area contributed by atoms with Crippen molar-refractivity contribution in [2.75, 3.05) is 13.7 Å². The van der Waals surface area contributed by atoms with Crippen LogP contribution in [-0.2, 0) is 9.53 Å². The Labute approximate surface area is 126 Å². The summed E-state index contributed by atoms with van der Waals surface area (Å²) in [6.45, 7) is 0.145. The number of benzene rings is 1. The van der Waals surface area contributed by atoms with Gasteiger partial charge in [-0.2, -0.15) is 0 Å². The van der Waals surface area contributed by atoms with Crippen molar-refractivity contribution >= 4 is 55.3 Å². The maximum Gasteiger partial charge on any atom is 0.321 e. The van der Waals surface area contributed by atoms with Crippen LogP contribution in [0.5, 0.6) is 0 Å². The van der Waals surface area contributed by atoms with Crippen LogP contribution in [0.15, 0.2) is 22.7 Å². The van der Waals surface area contributed by atoms with E-state index in [0.29, 0.717) is 15.1 Å². The zero-order chi connectivity index (χ0) is 13.7. The van der Waals surface area contributed by atoms with Crippen molar-refractivity contribution in [3.63, 3.8) is 0 Å². The number of ether oxygens (including phenoxy) is 1. The highest BCUT2D eigenvalue weighted by molar-refractivity contribution is 9.10. The zero-order valence-electron chi connectivity index (χ0n) is 9.38. The second kappa shape index (κ2) is 7.11. The Morgan fingerprint density at radius 1 is 1.50 bits per heavy atom. The van der Waals surface area contributed by atoms with Gasteiger partial charge >= 0.3 is 5.97 Å². The molecule has 0 bridgehead atoms. The van der Waals surface area contributed by atoms with Gasteiger partial charge in [-0.3, -0.25) is 9.59 Å². The maximum absolute atomic E-state index is 11.8. The van der Waals surface area contributed by atoms with E-state index in [1.54, 1.807) is 18.2 Å². The molecule has 18 heavy (non-hydrogen) atoms. The number of methoxy groups -OCH3 is 1. The molecule has 0 fully saturated rings. The van der Waals surface area contributed by atoms with Crippen molar-refractivity contribution in [3.05, 3.63) is 33.3 Å². The number of amides is 1. The molecule has 1 atom stereocenters. The Hall–Kier alpha value is -0.590. The molecule has 0 saturated carbocycles. The second-order valence-corrected chi connectivity index (χ2v) is 5.70. The smallest absolute Gasteiger partial charge is 0.321 e. The van der Waals surface area contributed by atoms with Crippen LogP contribution in [0.1, 0.15) is 10.4 Å². The first-order chi connectivity index (χ1) is 8.45. The third-order valence-corrected chi connectivity index (χ3v) is 3.99. The first kappa shape index (κ1) is 15.5. The summed E-state index contributed by atoms with van der Waals surface area (Å²) < 4.78 is 5.16. The van der Waals surface area contributed by atoms with Gasteiger partial charge in [-0.25, -0.2) is 0 Å². The van der Waals surface area contributed by atoms with Gasteiger partial charge in [0, 0.05) is 16.6 Å². The fraction of sp³-hybridized carbons (Fsp3) is 0.273. The molecule has 1 aromatic carbocycles. The summed E-state index contributed by atoms with van der Waals surface area (Å²) in [5.74, 6) is -0.728. The molecule has 98 valence electrons. The minimum absolute atomic E-state index is 0.145. The highest BCUT2D eigenvalue weighted by Gasteiger charge is 2.16. The molecule has 7 heteroatoms. The van der Waals surface area contributed by atoms with E-state index in [1.165, 1.54) is 7.11 Å². The molecule has 1 unspecified atom stereocenters. The van der Waals surface area contributed by atoms with E-state index in [4.69, 9.17) is 11.6 Å². The van der Waals surface area contributed by atoms with Gasteiger partial charge in [-0.05, 0) is 34.1 Å². The molecular weight excluding hydrogens is 389 g/mol. The molecule has 4 nitrogen and oxygen atoms in total. The summed E-state index contributed by atoms with van der Waals surface area (Å²) in [4.78, 5) is 22.3. The summed E-state index contributed by atoms with van der Waals surface area (Å²) in [5.41, 5.74) is 0.454. The highest BCUT2D eigenvalue weighted by Crippen LogP contribution is 2.23. The average Bonchev–Trinajstić information content (AvgIpc) is 2.37. The molecule has 0 heterocycles. The number of alkyl halides is 1. The molecule has 0 aliphatic rings. The molecule has 0 spiro atoms. The Balaban J connectivity index is 2.60. The van der Waals surface area contributed by atoms with Gasteiger partial charge < -0.3 is 10.1 Å². The lowest BCUT2D eigenvalue weighted by Gasteiger charge is -2.09. The minimum Gasteiger partial charge on any atom is -0.468 e. The first-order valence-corrected chi connectivity index (χ1v) is 6.99. The Morgan fingerprint density at radius 2 is 2.17 bits per heavy atom. The number of hydrogen-bond donors (Lipinski definition) is 1. The molecular formula is C11H10Br2ClNO3. The number of carbonyl (C=O) groups is 2. The fourth-order valence-corrected chi connectivity index (χ4v) is 1.98. The van der Waals surface area contributed by atoms with Crippen LogP contribution in [0.25, 0.3) is 0 Å². The number of esters is 1. The molecule has 1 amide bonds. The van der Waals surface area contributed by atoms with Gasteiger partial charge in [0.05, 0.1) is 12.1 Å². The lowest BCUT2D eigenvalue weighted by molar-refractivity contribution is -0.139. The van der Waals surface area contributed by atoms with Gasteiger partial charge in [0.1, 0.15) is 4.83 Å². The van der Waals surface area contributed by atoms with E-state index < -0.39 is 10.8 Å². The molecule has 1 aromatic rings. The molecule has 0 radical (unpaired) electrons. The number of nitrogens with one attached hydrogen (secondary N) is 1. The number of hydrogen-bond acceptors (Lipinski definition) is 3. The summed E-state index contributed by atoms with van der Waals surface area (Å²) >= 11 is 12.2. The van der Waals surface area contributed by atoms with E-state index >= 15 is 0 Å². The normalized spacial score (nSPS) is 11.8. The second-order valence-electron chi connectivity index (χ2n) is 3.33. The molecule has 0 aliphatic heterocycles. The van der Waals surface area contributed by atoms with E-state index in [9.17, 15) is 9.59 Å². The molecule has 0 saturated heterocycles. The van der Waals surface area contributed by atoms with Crippen molar-refractivity contribution in [1.29, 1.82) is 0 Å². The third-order valence-electron chi connectivity index (χ3n) is 2.08. The lowest BCUT2D eigenvalue weighted by Crippen LogP contribution is -2.33. The van der Waals surface area contributed by atoms with Crippen molar-refractivity contribution in [3.8, 4) is 0 Å². The van der Waals surface area contributed by atoms with Crippen LogP contribution in [0, 0.1) is 0 Å². The molecule has 1 N–H and O–H groups in total. The third kappa shape index (κ3) is 4.26. The molecule has 0 aromatic heterocycles. The van der Waals surface area contributed by atoms with Crippen LogP contribution in [0.2, 0.25) is 5.02 Å². The van der Waals surface area contributed by atoms with Gasteiger partial charge in [-0.1, -0.05) is 27.5 Å². The Bertz CT molecular complexity index is 468. The predicted octanol–water partition coefficient (Wildman–Crippen LogP) is 2.77. The first-order valence-electron chi connectivity index (χ1n) is 4.91. The minimum atomic E-state index is -0.567. The van der Waals surface area contributed by atoms with E-state index in [0.717, 1.165) is 0 Å². The van der Waals surface area contributed by atoms with Crippen molar-refractivity contribution in [2.45, 2.75) is 4.83 Å². The van der Waals surface area contributed by atoms with Crippen LogP contribution < -0.4 is 5.32 Å². The Morgan fingerprint density at radius 3 is 2.72 bits per heavy atom. The summed E-state index contributed by atoms with van der Waals surface area (Å²) in [6, 6.07) is 4.83. The standard InChI is InChI=1S/C11H10Br2ClNO3/c1-18-11(17)8(13)5-15-10(16)6-2-3-9(14)7(12)4-6/h2-4,8H,5H2,1H3,(H,15,16).